The van der Waals surface area contributed by atoms with Crippen molar-refractivity contribution < 1.29 is 17.5 Å². The number of benzene rings is 1. The number of rotatable bonds is 7. The lowest BCUT2D eigenvalue weighted by atomic mass is 10.3. The summed E-state index contributed by atoms with van der Waals surface area (Å²) in [6, 6.07) is 6.72. The quantitative estimate of drug-likeness (QED) is 0.785. The molecule has 0 aliphatic carbocycles. The van der Waals surface area contributed by atoms with Gasteiger partial charge in [0.2, 0.25) is 10.0 Å². The molecule has 1 heterocycles. The Hall–Kier alpha value is -1.28. The molecule has 0 N–H and O–H groups in total. The molecule has 0 fully saturated rings. The standard InChI is InChI=1S/C14H16FNO3S2/c1-19-8-7-16(10-12-6-9-20-11-12)21(17,18)14-4-2-13(15)3-5-14/h2-6,9,11H,7-8,10H2,1H3. The van der Waals surface area contributed by atoms with Crippen molar-refractivity contribution >= 4 is 21.4 Å². The van der Waals surface area contributed by atoms with Crippen LogP contribution in [0.3, 0.4) is 0 Å². The minimum Gasteiger partial charge on any atom is -0.383 e. The Morgan fingerprint density at radius 3 is 2.52 bits per heavy atom. The second kappa shape index (κ2) is 7.13. The zero-order valence-corrected chi connectivity index (χ0v) is 13.2. The molecule has 21 heavy (non-hydrogen) atoms. The van der Waals surface area contributed by atoms with Crippen LogP contribution in [0.2, 0.25) is 0 Å². The highest BCUT2D eigenvalue weighted by molar-refractivity contribution is 7.89. The minimum atomic E-state index is -3.67. The highest BCUT2D eigenvalue weighted by atomic mass is 32.2. The molecule has 0 bridgehead atoms. The van der Waals surface area contributed by atoms with Crippen LogP contribution in [0.15, 0.2) is 46.0 Å². The van der Waals surface area contributed by atoms with Crippen molar-refractivity contribution in [1.82, 2.24) is 4.31 Å². The molecule has 2 rings (SSSR count). The Labute approximate surface area is 127 Å². The van der Waals surface area contributed by atoms with E-state index in [0.29, 0.717) is 6.61 Å². The molecule has 0 spiro atoms. The number of ether oxygens (including phenoxy) is 1. The van der Waals surface area contributed by atoms with Crippen LogP contribution in [0.4, 0.5) is 4.39 Å². The fourth-order valence-corrected chi connectivity index (χ4v) is 3.89. The van der Waals surface area contributed by atoms with E-state index < -0.39 is 15.8 Å². The lowest BCUT2D eigenvalue weighted by molar-refractivity contribution is 0.177. The molecule has 0 aliphatic rings. The van der Waals surface area contributed by atoms with E-state index >= 15 is 0 Å². The van der Waals surface area contributed by atoms with Crippen molar-refractivity contribution in [3.63, 3.8) is 0 Å². The molecule has 0 amide bonds. The summed E-state index contributed by atoms with van der Waals surface area (Å²) in [7, 11) is -2.15. The third-order valence-electron chi connectivity index (χ3n) is 2.94. The van der Waals surface area contributed by atoms with E-state index in [1.165, 1.54) is 34.9 Å². The number of halogens is 1. The van der Waals surface area contributed by atoms with E-state index in [9.17, 15) is 12.8 Å². The number of sulfonamides is 1. The first-order valence-corrected chi connectivity index (χ1v) is 8.68. The average Bonchev–Trinajstić information content (AvgIpc) is 2.96. The van der Waals surface area contributed by atoms with Crippen molar-refractivity contribution in [2.45, 2.75) is 11.4 Å². The summed E-state index contributed by atoms with van der Waals surface area (Å²) in [4.78, 5) is 0.0789. The first kappa shape index (κ1) is 16.1. The Bertz CT molecular complexity index is 654. The van der Waals surface area contributed by atoms with Crippen LogP contribution in [0.5, 0.6) is 0 Å². The van der Waals surface area contributed by atoms with Gasteiger partial charge in [-0.3, -0.25) is 0 Å². The molecule has 0 aliphatic heterocycles. The highest BCUT2D eigenvalue weighted by Gasteiger charge is 2.24. The third kappa shape index (κ3) is 4.10. The van der Waals surface area contributed by atoms with Gasteiger partial charge in [0, 0.05) is 20.2 Å². The van der Waals surface area contributed by atoms with Crippen LogP contribution < -0.4 is 0 Å². The summed E-state index contributed by atoms with van der Waals surface area (Å²) in [5, 5.41) is 3.80. The van der Waals surface area contributed by atoms with Crippen LogP contribution in [-0.4, -0.2) is 33.0 Å². The molecular formula is C14H16FNO3S2. The molecular weight excluding hydrogens is 313 g/mol. The number of nitrogens with zero attached hydrogens (tertiary/aromatic N) is 1. The highest BCUT2D eigenvalue weighted by Crippen LogP contribution is 2.19. The predicted octanol–water partition coefficient (Wildman–Crippen LogP) is 2.72. The molecule has 1 aromatic heterocycles. The van der Waals surface area contributed by atoms with Crippen LogP contribution in [0, 0.1) is 5.82 Å². The van der Waals surface area contributed by atoms with E-state index in [1.807, 2.05) is 16.8 Å². The number of hydrogen-bond donors (Lipinski definition) is 0. The predicted molar refractivity (Wildman–Crippen MR) is 80.2 cm³/mol. The maximum Gasteiger partial charge on any atom is 0.243 e. The summed E-state index contributed by atoms with van der Waals surface area (Å²) in [5.41, 5.74) is 0.918. The molecule has 7 heteroatoms. The normalized spacial score (nSPS) is 12.0. The summed E-state index contributed by atoms with van der Waals surface area (Å²) >= 11 is 1.51. The van der Waals surface area contributed by atoms with Crippen molar-refractivity contribution in [1.29, 1.82) is 0 Å². The Morgan fingerprint density at radius 1 is 1.24 bits per heavy atom. The zero-order valence-electron chi connectivity index (χ0n) is 11.5. The lowest BCUT2D eigenvalue weighted by Gasteiger charge is -2.21. The van der Waals surface area contributed by atoms with E-state index in [0.717, 1.165) is 17.7 Å². The van der Waals surface area contributed by atoms with Gasteiger partial charge in [-0.2, -0.15) is 15.6 Å². The Morgan fingerprint density at radius 2 is 1.95 bits per heavy atom. The number of thiophene rings is 1. The van der Waals surface area contributed by atoms with Gasteiger partial charge in [0.25, 0.3) is 0 Å². The first-order chi connectivity index (χ1) is 10.0. The topological polar surface area (TPSA) is 46.6 Å². The zero-order chi connectivity index (χ0) is 15.3. The monoisotopic (exact) mass is 329 g/mol. The number of hydrogen-bond acceptors (Lipinski definition) is 4. The Kier molecular flexibility index (Phi) is 5.46. The first-order valence-electron chi connectivity index (χ1n) is 6.30. The molecule has 0 radical (unpaired) electrons. The molecule has 114 valence electrons. The molecule has 0 saturated heterocycles. The molecule has 0 unspecified atom stereocenters. The average molecular weight is 329 g/mol. The van der Waals surface area contributed by atoms with Gasteiger partial charge < -0.3 is 4.74 Å². The van der Waals surface area contributed by atoms with E-state index in [4.69, 9.17) is 4.74 Å². The molecule has 0 atom stereocenters. The van der Waals surface area contributed by atoms with Crippen LogP contribution in [-0.2, 0) is 21.3 Å². The van der Waals surface area contributed by atoms with Gasteiger partial charge in [-0.1, -0.05) is 0 Å². The fourth-order valence-electron chi connectivity index (χ4n) is 1.82. The van der Waals surface area contributed by atoms with Crippen molar-refractivity contribution in [3.8, 4) is 0 Å². The minimum absolute atomic E-state index is 0.0789. The van der Waals surface area contributed by atoms with Crippen LogP contribution >= 0.6 is 11.3 Å². The largest absolute Gasteiger partial charge is 0.383 e. The SMILES string of the molecule is COCCN(Cc1ccsc1)S(=O)(=O)c1ccc(F)cc1. The van der Waals surface area contributed by atoms with E-state index in [1.54, 1.807) is 0 Å². The third-order valence-corrected chi connectivity index (χ3v) is 5.53. The van der Waals surface area contributed by atoms with Gasteiger partial charge in [0.1, 0.15) is 5.82 Å². The molecule has 2 aromatic rings. The maximum atomic E-state index is 13.0. The van der Waals surface area contributed by atoms with E-state index in [2.05, 4.69) is 0 Å². The summed E-state index contributed by atoms with van der Waals surface area (Å²) in [6.07, 6.45) is 0. The smallest absolute Gasteiger partial charge is 0.243 e. The molecule has 0 saturated carbocycles. The van der Waals surface area contributed by atoms with Crippen LogP contribution in [0.1, 0.15) is 5.56 Å². The lowest BCUT2D eigenvalue weighted by Crippen LogP contribution is -2.33. The van der Waals surface area contributed by atoms with Crippen molar-refractivity contribution in [2.24, 2.45) is 0 Å². The van der Waals surface area contributed by atoms with Crippen molar-refractivity contribution in [2.75, 3.05) is 20.3 Å². The van der Waals surface area contributed by atoms with Gasteiger partial charge in [0.05, 0.1) is 11.5 Å². The second-order valence-electron chi connectivity index (χ2n) is 4.42. The van der Waals surface area contributed by atoms with E-state index in [-0.39, 0.29) is 18.0 Å². The Balaban J connectivity index is 2.27. The van der Waals surface area contributed by atoms with Gasteiger partial charge >= 0.3 is 0 Å². The van der Waals surface area contributed by atoms with Gasteiger partial charge in [0.15, 0.2) is 0 Å². The summed E-state index contributed by atoms with van der Waals surface area (Å²) in [5.74, 6) is -0.463. The fraction of sp³-hybridized carbons (Fsp3) is 0.286. The second-order valence-corrected chi connectivity index (χ2v) is 7.13. The summed E-state index contributed by atoms with van der Waals surface area (Å²) < 4.78 is 44.5. The summed E-state index contributed by atoms with van der Waals surface area (Å²) in [6.45, 7) is 0.809. The van der Waals surface area contributed by atoms with Crippen LogP contribution in [0.25, 0.3) is 0 Å². The van der Waals surface area contributed by atoms with Crippen molar-refractivity contribution in [3.05, 3.63) is 52.5 Å². The number of methoxy groups -OCH3 is 1. The maximum absolute atomic E-state index is 13.0. The van der Waals surface area contributed by atoms with Gasteiger partial charge in [-0.25, -0.2) is 12.8 Å². The molecule has 4 nitrogen and oxygen atoms in total. The molecule has 1 aromatic carbocycles. The van der Waals surface area contributed by atoms with Gasteiger partial charge in [-0.15, -0.1) is 0 Å². The van der Waals surface area contributed by atoms with Gasteiger partial charge in [-0.05, 0) is 46.7 Å².